The molecule has 0 bridgehead atoms. The summed E-state index contributed by atoms with van der Waals surface area (Å²) in [6.45, 7) is 5.89. The van der Waals surface area contributed by atoms with E-state index in [-0.39, 0.29) is 17.6 Å². The van der Waals surface area contributed by atoms with E-state index in [9.17, 15) is 9.59 Å². The summed E-state index contributed by atoms with van der Waals surface area (Å²) < 4.78 is 12.1. The highest BCUT2D eigenvalue weighted by Crippen LogP contribution is 2.33. The maximum atomic E-state index is 12.4. The van der Waals surface area contributed by atoms with Crippen molar-refractivity contribution in [3.8, 4) is 5.75 Å². The number of amides is 1. The highest BCUT2D eigenvalue weighted by molar-refractivity contribution is 6.10. The normalized spacial score (nSPS) is 11.8. The Labute approximate surface area is 181 Å². The van der Waals surface area contributed by atoms with Crippen molar-refractivity contribution in [2.24, 2.45) is 0 Å². The summed E-state index contributed by atoms with van der Waals surface area (Å²) in [4.78, 5) is 28.8. The summed E-state index contributed by atoms with van der Waals surface area (Å²) in [5, 5.41) is 6.90. The number of methoxy groups -OCH3 is 2. The number of anilines is 2. The molecule has 3 aromatic rings. The lowest BCUT2D eigenvalue weighted by Crippen LogP contribution is -2.18. The number of carbonyl (C=O) groups is 2. The van der Waals surface area contributed by atoms with Gasteiger partial charge in [-0.05, 0) is 38.0 Å². The molecule has 3 rings (SSSR count). The molecule has 31 heavy (non-hydrogen) atoms. The molecule has 0 saturated heterocycles. The van der Waals surface area contributed by atoms with E-state index < -0.39 is 5.97 Å². The molecule has 1 unspecified atom stereocenters. The van der Waals surface area contributed by atoms with E-state index in [0.717, 1.165) is 23.4 Å². The van der Waals surface area contributed by atoms with Gasteiger partial charge in [-0.15, -0.1) is 0 Å². The molecule has 2 N–H and O–H groups in total. The number of ether oxygens (including phenoxy) is 2. The zero-order valence-electron chi connectivity index (χ0n) is 18.5. The molecule has 1 atom stereocenters. The summed E-state index contributed by atoms with van der Waals surface area (Å²) in [7, 11) is 2.98. The molecule has 0 aliphatic carbocycles. The summed E-state index contributed by atoms with van der Waals surface area (Å²) in [5.74, 6) is 0.0475. The van der Waals surface area contributed by atoms with Gasteiger partial charge in [0.15, 0.2) is 5.69 Å². The molecule has 0 aliphatic heterocycles. The van der Waals surface area contributed by atoms with Crippen LogP contribution in [0.1, 0.15) is 36.8 Å². The fraction of sp³-hybridized carbons (Fsp3) is 0.348. The monoisotopic (exact) mass is 424 g/mol. The first-order chi connectivity index (χ1) is 14.9. The van der Waals surface area contributed by atoms with Crippen LogP contribution in [0.2, 0.25) is 0 Å². The van der Waals surface area contributed by atoms with Crippen molar-refractivity contribution in [1.82, 2.24) is 9.55 Å². The molecular formula is C23H28N4O4. The van der Waals surface area contributed by atoms with Crippen LogP contribution in [0.4, 0.5) is 11.4 Å². The van der Waals surface area contributed by atoms with Crippen LogP contribution in [0.3, 0.4) is 0 Å². The average Bonchev–Trinajstić information content (AvgIpc) is 3.05. The van der Waals surface area contributed by atoms with Gasteiger partial charge in [0.2, 0.25) is 5.91 Å². The third-order valence-corrected chi connectivity index (χ3v) is 5.03. The quantitative estimate of drug-likeness (QED) is 0.534. The van der Waals surface area contributed by atoms with E-state index in [0.29, 0.717) is 23.3 Å². The van der Waals surface area contributed by atoms with Gasteiger partial charge < -0.3 is 24.7 Å². The fourth-order valence-electron chi connectivity index (χ4n) is 3.76. The largest absolute Gasteiger partial charge is 0.496 e. The van der Waals surface area contributed by atoms with Crippen molar-refractivity contribution in [3.63, 3.8) is 0 Å². The van der Waals surface area contributed by atoms with Crippen molar-refractivity contribution in [2.45, 2.75) is 39.8 Å². The number of hydrogen-bond acceptors (Lipinski definition) is 6. The zero-order chi connectivity index (χ0) is 22.5. The van der Waals surface area contributed by atoms with Gasteiger partial charge in [0.05, 0.1) is 31.8 Å². The number of esters is 1. The van der Waals surface area contributed by atoms with Crippen molar-refractivity contribution >= 4 is 34.3 Å². The van der Waals surface area contributed by atoms with Crippen molar-refractivity contribution in [1.29, 1.82) is 0 Å². The van der Waals surface area contributed by atoms with Crippen LogP contribution < -0.4 is 15.4 Å². The molecule has 0 fully saturated rings. The SMILES string of the molecule is CCn1c(C(=O)OC)c(NC(C)=O)c2cc(NC(C)Cc3ccccc3OC)cnc21. The molecule has 0 saturated carbocycles. The third-order valence-electron chi connectivity index (χ3n) is 5.03. The Balaban J connectivity index is 1.97. The Morgan fingerprint density at radius 1 is 1.23 bits per heavy atom. The van der Waals surface area contributed by atoms with E-state index in [4.69, 9.17) is 9.47 Å². The van der Waals surface area contributed by atoms with Crippen LogP contribution in [0.25, 0.3) is 11.0 Å². The molecule has 2 aromatic heterocycles. The molecular weight excluding hydrogens is 396 g/mol. The lowest BCUT2D eigenvalue weighted by Gasteiger charge is -2.17. The summed E-state index contributed by atoms with van der Waals surface area (Å²) in [6, 6.07) is 9.89. The van der Waals surface area contributed by atoms with Crippen molar-refractivity contribution < 1.29 is 19.1 Å². The number of pyridine rings is 1. The number of nitrogens with one attached hydrogen (secondary N) is 2. The molecule has 0 radical (unpaired) electrons. The van der Waals surface area contributed by atoms with Gasteiger partial charge in [-0.1, -0.05) is 18.2 Å². The Morgan fingerprint density at radius 2 is 1.97 bits per heavy atom. The Morgan fingerprint density at radius 3 is 2.61 bits per heavy atom. The van der Waals surface area contributed by atoms with Gasteiger partial charge in [0.25, 0.3) is 0 Å². The van der Waals surface area contributed by atoms with Gasteiger partial charge in [-0.3, -0.25) is 4.79 Å². The highest BCUT2D eigenvalue weighted by atomic mass is 16.5. The number of para-hydroxylation sites is 1. The first kappa shape index (κ1) is 22.1. The highest BCUT2D eigenvalue weighted by Gasteiger charge is 2.25. The van der Waals surface area contributed by atoms with E-state index in [1.165, 1.54) is 14.0 Å². The number of carbonyl (C=O) groups excluding carboxylic acids is 2. The zero-order valence-corrected chi connectivity index (χ0v) is 18.5. The van der Waals surface area contributed by atoms with Crippen molar-refractivity contribution in [3.05, 3.63) is 47.8 Å². The summed E-state index contributed by atoms with van der Waals surface area (Å²) >= 11 is 0. The van der Waals surface area contributed by atoms with Gasteiger partial charge in [0, 0.05) is 24.9 Å². The molecule has 0 spiro atoms. The standard InChI is InChI=1S/C23H28N4O4/c1-6-27-21(23(29)31-5)20(26-15(3)28)18-12-17(13-24-22(18)27)25-14(2)11-16-9-7-8-10-19(16)30-4/h7-10,12-14,25H,6,11H2,1-5H3,(H,26,28). The minimum absolute atomic E-state index is 0.0908. The lowest BCUT2D eigenvalue weighted by molar-refractivity contribution is -0.114. The predicted molar refractivity (Wildman–Crippen MR) is 121 cm³/mol. The van der Waals surface area contributed by atoms with E-state index in [1.807, 2.05) is 37.3 Å². The number of benzene rings is 1. The smallest absolute Gasteiger partial charge is 0.356 e. The maximum absolute atomic E-state index is 12.4. The van der Waals surface area contributed by atoms with Crippen LogP contribution in [0, 0.1) is 0 Å². The minimum Gasteiger partial charge on any atom is -0.496 e. The molecule has 0 aliphatic rings. The predicted octanol–water partition coefficient (Wildman–Crippen LogP) is 3.85. The minimum atomic E-state index is -0.525. The third kappa shape index (κ3) is 4.63. The maximum Gasteiger partial charge on any atom is 0.356 e. The first-order valence-electron chi connectivity index (χ1n) is 10.2. The van der Waals surface area contributed by atoms with Crippen LogP contribution in [-0.2, 0) is 22.5 Å². The number of rotatable bonds is 8. The molecule has 1 amide bonds. The van der Waals surface area contributed by atoms with E-state index in [2.05, 4.69) is 22.5 Å². The Bertz CT molecular complexity index is 1110. The number of aryl methyl sites for hydroxylation is 1. The van der Waals surface area contributed by atoms with Crippen LogP contribution in [-0.4, -0.2) is 41.7 Å². The first-order valence-corrected chi connectivity index (χ1v) is 10.2. The second-order valence-corrected chi connectivity index (χ2v) is 7.30. The molecule has 2 heterocycles. The van der Waals surface area contributed by atoms with E-state index in [1.54, 1.807) is 17.9 Å². The number of nitrogens with zero attached hydrogens (tertiary/aromatic N) is 2. The molecule has 8 heteroatoms. The van der Waals surface area contributed by atoms with Gasteiger partial charge >= 0.3 is 5.97 Å². The second-order valence-electron chi connectivity index (χ2n) is 7.30. The van der Waals surface area contributed by atoms with E-state index >= 15 is 0 Å². The summed E-state index contributed by atoms with van der Waals surface area (Å²) in [5.41, 5.74) is 3.18. The Hall–Kier alpha value is -3.55. The van der Waals surface area contributed by atoms with Crippen LogP contribution in [0.15, 0.2) is 36.5 Å². The Kier molecular flexibility index (Phi) is 6.79. The molecule has 1 aromatic carbocycles. The number of aromatic nitrogens is 2. The number of hydrogen-bond donors (Lipinski definition) is 2. The lowest BCUT2D eigenvalue weighted by atomic mass is 10.1. The average molecular weight is 425 g/mol. The fourth-order valence-corrected chi connectivity index (χ4v) is 3.76. The van der Waals surface area contributed by atoms with Gasteiger partial charge in [-0.2, -0.15) is 0 Å². The van der Waals surface area contributed by atoms with Gasteiger partial charge in [-0.25, -0.2) is 9.78 Å². The van der Waals surface area contributed by atoms with Crippen LogP contribution in [0.5, 0.6) is 5.75 Å². The number of fused-ring (bicyclic) bond motifs is 1. The van der Waals surface area contributed by atoms with Crippen LogP contribution >= 0.6 is 0 Å². The molecule has 8 nitrogen and oxygen atoms in total. The second kappa shape index (κ2) is 9.51. The summed E-state index contributed by atoms with van der Waals surface area (Å²) in [6.07, 6.45) is 2.48. The van der Waals surface area contributed by atoms with Gasteiger partial charge in [0.1, 0.15) is 11.4 Å². The molecule has 164 valence electrons. The van der Waals surface area contributed by atoms with Crippen molar-refractivity contribution in [2.75, 3.05) is 24.9 Å². The topological polar surface area (TPSA) is 94.5 Å².